The van der Waals surface area contributed by atoms with Gasteiger partial charge in [0.05, 0.1) is 24.6 Å². The van der Waals surface area contributed by atoms with Crippen molar-refractivity contribution in [3.8, 4) is 22.8 Å². The fraction of sp³-hybridized carbons (Fsp3) is 0.118. The number of hydrogen-bond acceptors (Lipinski definition) is 6. The quantitative estimate of drug-likeness (QED) is 0.586. The van der Waals surface area contributed by atoms with Crippen LogP contribution in [0.3, 0.4) is 0 Å². The van der Waals surface area contributed by atoms with Crippen LogP contribution in [0.1, 0.15) is 10.4 Å². The Balaban J connectivity index is 1.88. The first-order chi connectivity index (χ1) is 11.6. The average Bonchev–Trinajstić information content (AvgIpc) is 3.03. The van der Waals surface area contributed by atoms with E-state index in [-0.39, 0.29) is 5.56 Å². The summed E-state index contributed by atoms with van der Waals surface area (Å²) in [7, 11) is 3.14. The van der Waals surface area contributed by atoms with Crippen molar-refractivity contribution < 1.29 is 14.3 Å². The first-order valence-corrected chi connectivity index (χ1v) is 7.17. The van der Waals surface area contributed by atoms with Crippen molar-refractivity contribution in [2.24, 2.45) is 7.05 Å². The van der Waals surface area contributed by atoms with Gasteiger partial charge < -0.3 is 15.2 Å². The SMILES string of the molecule is COC(=O)c1cc(Oc2ccnc(-c3cnn(C)c3)c2)ccc1N. The summed E-state index contributed by atoms with van der Waals surface area (Å²) in [6.45, 7) is 0. The smallest absolute Gasteiger partial charge is 0.340 e. The highest BCUT2D eigenvalue weighted by Crippen LogP contribution is 2.28. The Kier molecular flexibility index (Phi) is 4.15. The van der Waals surface area contributed by atoms with E-state index in [1.807, 2.05) is 13.2 Å². The van der Waals surface area contributed by atoms with Gasteiger partial charge in [0.2, 0.25) is 0 Å². The standard InChI is InChI=1S/C17H16N4O3/c1-21-10-11(9-20-21)16-8-13(5-6-19-16)24-12-3-4-15(18)14(7-12)17(22)23-2/h3-10H,18H2,1-2H3. The second kappa shape index (κ2) is 6.41. The van der Waals surface area contributed by atoms with Crippen LogP contribution in [0.4, 0.5) is 5.69 Å². The van der Waals surface area contributed by atoms with Crippen molar-refractivity contribution in [3.63, 3.8) is 0 Å². The zero-order valence-electron chi connectivity index (χ0n) is 13.3. The maximum absolute atomic E-state index is 11.7. The molecule has 0 unspecified atom stereocenters. The van der Waals surface area contributed by atoms with Gasteiger partial charge in [-0.2, -0.15) is 5.10 Å². The normalized spacial score (nSPS) is 10.4. The molecule has 0 atom stereocenters. The second-order valence-corrected chi connectivity index (χ2v) is 5.12. The minimum absolute atomic E-state index is 0.261. The summed E-state index contributed by atoms with van der Waals surface area (Å²) in [6, 6.07) is 8.36. The van der Waals surface area contributed by atoms with Crippen molar-refractivity contribution in [1.82, 2.24) is 14.8 Å². The Morgan fingerprint density at radius 3 is 2.71 bits per heavy atom. The number of nitrogen functional groups attached to an aromatic ring is 1. The molecule has 1 aromatic carbocycles. The molecule has 2 aromatic heterocycles. The summed E-state index contributed by atoms with van der Waals surface area (Å²) in [4.78, 5) is 16.0. The molecule has 0 aliphatic rings. The van der Waals surface area contributed by atoms with Crippen LogP contribution >= 0.6 is 0 Å². The lowest BCUT2D eigenvalue weighted by Gasteiger charge is -2.09. The molecule has 0 aliphatic heterocycles. The number of rotatable bonds is 4. The molecule has 0 amide bonds. The Hall–Kier alpha value is -3.35. The number of aromatic nitrogens is 3. The van der Waals surface area contributed by atoms with E-state index in [0.29, 0.717) is 17.2 Å². The van der Waals surface area contributed by atoms with E-state index in [1.165, 1.54) is 7.11 Å². The lowest BCUT2D eigenvalue weighted by molar-refractivity contribution is 0.0601. The third-order valence-corrected chi connectivity index (χ3v) is 3.40. The molecule has 7 heteroatoms. The molecule has 0 bridgehead atoms. The summed E-state index contributed by atoms with van der Waals surface area (Å²) in [5, 5.41) is 4.13. The maximum atomic E-state index is 11.7. The zero-order chi connectivity index (χ0) is 17.1. The highest BCUT2D eigenvalue weighted by atomic mass is 16.5. The van der Waals surface area contributed by atoms with Gasteiger partial charge in [-0.3, -0.25) is 9.67 Å². The molecule has 7 nitrogen and oxygen atoms in total. The number of pyridine rings is 1. The van der Waals surface area contributed by atoms with Crippen LogP contribution in [-0.4, -0.2) is 27.8 Å². The van der Waals surface area contributed by atoms with E-state index in [0.717, 1.165) is 11.3 Å². The van der Waals surface area contributed by atoms with E-state index < -0.39 is 5.97 Å². The van der Waals surface area contributed by atoms with Gasteiger partial charge in [-0.15, -0.1) is 0 Å². The topological polar surface area (TPSA) is 92.3 Å². The van der Waals surface area contributed by atoms with E-state index in [2.05, 4.69) is 10.1 Å². The van der Waals surface area contributed by atoms with Crippen LogP contribution in [0.15, 0.2) is 48.9 Å². The van der Waals surface area contributed by atoms with Crippen LogP contribution < -0.4 is 10.5 Å². The van der Waals surface area contributed by atoms with Crippen molar-refractivity contribution in [2.75, 3.05) is 12.8 Å². The number of nitrogens with two attached hydrogens (primary N) is 1. The third kappa shape index (κ3) is 3.19. The fourth-order valence-electron chi connectivity index (χ4n) is 2.21. The molecule has 24 heavy (non-hydrogen) atoms. The van der Waals surface area contributed by atoms with Crippen LogP contribution in [0, 0.1) is 0 Å². The van der Waals surface area contributed by atoms with Crippen LogP contribution in [0.2, 0.25) is 0 Å². The number of esters is 1. The van der Waals surface area contributed by atoms with Gasteiger partial charge in [0, 0.05) is 36.8 Å². The van der Waals surface area contributed by atoms with E-state index in [4.69, 9.17) is 15.2 Å². The minimum atomic E-state index is -0.510. The molecule has 0 saturated carbocycles. The number of hydrogen-bond donors (Lipinski definition) is 1. The van der Waals surface area contributed by atoms with Crippen LogP contribution in [0.5, 0.6) is 11.5 Å². The number of benzene rings is 1. The lowest BCUT2D eigenvalue weighted by atomic mass is 10.1. The predicted molar refractivity (Wildman–Crippen MR) is 88.7 cm³/mol. The fourth-order valence-corrected chi connectivity index (χ4v) is 2.21. The monoisotopic (exact) mass is 324 g/mol. The second-order valence-electron chi connectivity index (χ2n) is 5.12. The summed E-state index contributed by atoms with van der Waals surface area (Å²) in [6.07, 6.45) is 5.24. The maximum Gasteiger partial charge on any atom is 0.340 e. The van der Waals surface area contributed by atoms with Crippen molar-refractivity contribution in [1.29, 1.82) is 0 Å². The molecule has 2 heterocycles. The molecule has 3 aromatic rings. The Morgan fingerprint density at radius 2 is 2.00 bits per heavy atom. The van der Waals surface area contributed by atoms with E-state index in [9.17, 15) is 4.79 Å². The van der Waals surface area contributed by atoms with Crippen molar-refractivity contribution >= 4 is 11.7 Å². The van der Waals surface area contributed by atoms with E-state index in [1.54, 1.807) is 47.4 Å². The number of ether oxygens (including phenoxy) is 2. The molecule has 122 valence electrons. The molecular formula is C17H16N4O3. The molecule has 2 N–H and O–H groups in total. The Morgan fingerprint density at radius 1 is 1.21 bits per heavy atom. The highest BCUT2D eigenvalue weighted by molar-refractivity contribution is 5.95. The van der Waals surface area contributed by atoms with Gasteiger partial charge in [0.1, 0.15) is 11.5 Å². The van der Waals surface area contributed by atoms with E-state index >= 15 is 0 Å². The van der Waals surface area contributed by atoms with Gasteiger partial charge in [0.25, 0.3) is 0 Å². The molecule has 0 radical (unpaired) electrons. The molecule has 0 aliphatic carbocycles. The highest BCUT2D eigenvalue weighted by Gasteiger charge is 2.12. The molecule has 0 saturated heterocycles. The minimum Gasteiger partial charge on any atom is -0.465 e. The van der Waals surface area contributed by atoms with Gasteiger partial charge in [-0.1, -0.05) is 0 Å². The average molecular weight is 324 g/mol. The molecular weight excluding hydrogens is 308 g/mol. The zero-order valence-corrected chi connectivity index (χ0v) is 13.3. The van der Waals surface area contributed by atoms with Gasteiger partial charge >= 0.3 is 5.97 Å². The largest absolute Gasteiger partial charge is 0.465 e. The van der Waals surface area contributed by atoms with Gasteiger partial charge in [-0.25, -0.2) is 4.79 Å². The number of anilines is 1. The molecule has 3 rings (SSSR count). The summed E-state index contributed by atoms with van der Waals surface area (Å²) in [5.41, 5.74) is 8.00. The summed E-state index contributed by atoms with van der Waals surface area (Å²) in [5.74, 6) is 0.557. The summed E-state index contributed by atoms with van der Waals surface area (Å²) >= 11 is 0. The lowest BCUT2D eigenvalue weighted by Crippen LogP contribution is -2.05. The number of carbonyl (C=O) groups is 1. The Bertz CT molecular complexity index is 889. The Labute approximate surface area is 138 Å². The van der Waals surface area contributed by atoms with Gasteiger partial charge in [-0.05, 0) is 24.3 Å². The van der Waals surface area contributed by atoms with Crippen molar-refractivity contribution in [3.05, 3.63) is 54.5 Å². The number of methoxy groups -OCH3 is 1. The van der Waals surface area contributed by atoms with Crippen LogP contribution in [-0.2, 0) is 11.8 Å². The molecule has 0 spiro atoms. The van der Waals surface area contributed by atoms with Gasteiger partial charge in [0.15, 0.2) is 0 Å². The number of nitrogens with zero attached hydrogens (tertiary/aromatic N) is 3. The first-order valence-electron chi connectivity index (χ1n) is 7.17. The molecule has 0 fully saturated rings. The number of aryl methyl sites for hydroxylation is 1. The summed E-state index contributed by atoms with van der Waals surface area (Å²) < 4.78 is 12.2. The van der Waals surface area contributed by atoms with Crippen molar-refractivity contribution in [2.45, 2.75) is 0 Å². The first kappa shape index (κ1) is 15.5. The van der Waals surface area contributed by atoms with Crippen LogP contribution in [0.25, 0.3) is 11.3 Å². The third-order valence-electron chi connectivity index (χ3n) is 3.40. The predicted octanol–water partition coefficient (Wildman–Crippen LogP) is 2.64. The number of carbonyl (C=O) groups excluding carboxylic acids is 1.